The third-order valence-electron chi connectivity index (χ3n) is 24.4. The lowest BCUT2D eigenvalue weighted by Crippen LogP contribution is -2.10. The van der Waals surface area contributed by atoms with Crippen molar-refractivity contribution >= 4 is 105 Å². The molecule has 0 aliphatic carbocycles. The molecule has 0 saturated carbocycles. The fourth-order valence-corrected chi connectivity index (χ4v) is 19.2. The maximum atomic E-state index is 5.18. The molecule has 0 N–H and O–H groups in total. The van der Waals surface area contributed by atoms with Gasteiger partial charge in [0.2, 0.25) is 0 Å². The van der Waals surface area contributed by atoms with Gasteiger partial charge in [-0.3, -0.25) is 0 Å². The Morgan fingerprint density at radius 2 is 0.479 bits per heavy atom. The molecule has 0 atom stereocenters. The highest BCUT2D eigenvalue weighted by molar-refractivity contribution is 7.00. The van der Waals surface area contributed by atoms with E-state index in [-0.39, 0.29) is 0 Å². The third kappa shape index (κ3) is 12.4. The van der Waals surface area contributed by atoms with Gasteiger partial charge in [-0.25, -0.2) is 0 Å². The van der Waals surface area contributed by atoms with Gasteiger partial charge in [0.05, 0.1) is 50.5 Å². The molecule has 23 rings (SSSR count). The molecule has 0 bridgehead atoms. The van der Waals surface area contributed by atoms with Crippen molar-refractivity contribution in [2.24, 2.45) is 0 Å². The van der Waals surface area contributed by atoms with Gasteiger partial charge < -0.3 is 18.6 Å². The van der Waals surface area contributed by atoms with Gasteiger partial charge >= 0.3 is 0 Å². The van der Waals surface area contributed by atoms with Crippen molar-refractivity contribution in [1.29, 1.82) is 0 Å². The van der Waals surface area contributed by atoms with Crippen molar-refractivity contribution in [2.45, 2.75) is 0 Å². The van der Waals surface area contributed by atoms with Gasteiger partial charge in [0.15, 0.2) is 0 Å². The molecule has 0 radical (unpaired) electrons. The Balaban J connectivity index is 0.592. The van der Waals surface area contributed by atoms with Crippen LogP contribution in [-0.4, -0.2) is 22.4 Å². The lowest BCUT2D eigenvalue weighted by Gasteiger charge is -2.26. The minimum Gasteiger partial charge on any atom is -0.309 e. The number of fused-ring (bicyclic) bond motifs is 10. The van der Waals surface area contributed by atoms with E-state index in [1.807, 2.05) is 0 Å². The fraction of sp³-hybridized carbons (Fsp3) is 0. The molecule has 0 amide bonds. The molecular formula is C114H74N6S. The summed E-state index contributed by atoms with van der Waals surface area (Å²) in [7, 11) is 0. The van der Waals surface area contributed by atoms with Crippen molar-refractivity contribution in [3.63, 3.8) is 0 Å². The average Bonchev–Trinajstić information content (AvgIpc) is 1.50. The van der Waals surface area contributed by atoms with Crippen LogP contribution in [0.25, 0.3) is 205 Å². The van der Waals surface area contributed by atoms with Crippen LogP contribution in [0, 0.1) is 0 Å². The standard InChI is InChI=1S/C114H74N6S/c1-4-21-75(22-5-1)78-47-59-89(60-48-78)117(90-65-53-84(54-66-90)95-33-20-34-102(112(95)86-25-8-3-9-26-86)97-28-11-10-27-94(97)83-23-6-2-7-24-83)111-72-69-96(113-114(111)116-121-115-113)85-55-67-93(68-56-85)120-109-70-57-87(81-43-39-76(40-44-81)79-49-61-91(62-50-79)118-105-35-16-12-29-98(105)99-30-13-17-36-106(99)118)73-103(109)104-74-88(58-71-110(104)120)82-45-41-77(42-46-82)80-51-63-92(64-52-80)119-107-37-18-14-31-100(107)101-32-15-19-38-108(101)119/h1-74H. The van der Waals surface area contributed by atoms with Crippen LogP contribution < -0.4 is 4.90 Å². The second-order valence-electron chi connectivity index (χ2n) is 31.2. The summed E-state index contributed by atoms with van der Waals surface area (Å²) >= 11 is 1.25. The van der Waals surface area contributed by atoms with Crippen LogP contribution in [0.2, 0.25) is 0 Å². The summed E-state index contributed by atoms with van der Waals surface area (Å²) < 4.78 is 17.5. The van der Waals surface area contributed by atoms with Crippen LogP contribution in [0.15, 0.2) is 449 Å². The van der Waals surface area contributed by atoms with E-state index >= 15 is 0 Å². The second-order valence-corrected chi connectivity index (χ2v) is 31.8. The van der Waals surface area contributed by atoms with E-state index < -0.39 is 0 Å². The molecule has 0 spiro atoms. The molecule has 0 unspecified atom stereocenters. The van der Waals surface area contributed by atoms with E-state index in [9.17, 15) is 0 Å². The van der Waals surface area contributed by atoms with Crippen molar-refractivity contribution in [3.8, 4) is 128 Å². The number of rotatable bonds is 16. The van der Waals surface area contributed by atoms with Crippen molar-refractivity contribution < 1.29 is 0 Å². The predicted octanol–water partition coefficient (Wildman–Crippen LogP) is 31.1. The van der Waals surface area contributed by atoms with Crippen LogP contribution in [0.5, 0.6) is 0 Å². The van der Waals surface area contributed by atoms with Crippen LogP contribution >= 0.6 is 11.7 Å². The highest BCUT2D eigenvalue weighted by atomic mass is 32.1. The number of nitrogens with zero attached hydrogens (tertiary/aromatic N) is 6. The van der Waals surface area contributed by atoms with E-state index in [0.29, 0.717) is 0 Å². The summed E-state index contributed by atoms with van der Waals surface area (Å²) in [5.74, 6) is 0. The number of hydrogen-bond acceptors (Lipinski definition) is 4. The molecule has 4 heterocycles. The Morgan fingerprint density at radius 3 is 0.934 bits per heavy atom. The first-order valence-corrected chi connectivity index (χ1v) is 42.0. The fourth-order valence-electron chi connectivity index (χ4n) is 18.6. The van der Waals surface area contributed by atoms with Gasteiger partial charge in [-0.05, 0) is 227 Å². The number of aromatic nitrogens is 5. The molecule has 0 saturated heterocycles. The Morgan fingerprint density at radius 1 is 0.182 bits per heavy atom. The average molecular weight is 1560 g/mol. The van der Waals surface area contributed by atoms with Gasteiger partial charge in [-0.15, -0.1) is 0 Å². The predicted molar refractivity (Wildman–Crippen MR) is 509 cm³/mol. The van der Waals surface area contributed by atoms with Crippen LogP contribution in [0.1, 0.15) is 0 Å². The topological polar surface area (TPSA) is 43.8 Å². The lowest BCUT2D eigenvalue weighted by molar-refractivity contribution is 1.18. The molecule has 19 aromatic carbocycles. The summed E-state index contributed by atoms with van der Waals surface area (Å²) in [6.45, 7) is 0. The Hall–Kier alpha value is -15.8. The zero-order valence-corrected chi connectivity index (χ0v) is 66.6. The molecule has 0 aliphatic heterocycles. The number of para-hydroxylation sites is 4. The second kappa shape index (κ2) is 29.7. The molecule has 0 fully saturated rings. The first-order chi connectivity index (χ1) is 60.0. The van der Waals surface area contributed by atoms with Gasteiger partial charge in [0, 0.05) is 66.3 Å². The summed E-state index contributed by atoms with van der Waals surface area (Å²) in [4.78, 5) is 2.34. The minimum absolute atomic E-state index is 0.826. The van der Waals surface area contributed by atoms with Crippen LogP contribution in [0.4, 0.5) is 17.1 Å². The van der Waals surface area contributed by atoms with Crippen molar-refractivity contribution in [2.75, 3.05) is 4.90 Å². The zero-order chi connectivity index (χ0) is 79.9. The van der Waals surface area contributed by atoms with Crippen molar-refractivity contribution in [3.05, 3.63) is 449 Å². The third-order valence-corrected chi connectivity index (χ3v) is 25.0. The van der Waals surface area contributed by atoms with E-state index in [4.69, 9.17) is 8.75 Å². The Kier molecular flexibility index (Phi) is 17.3. The maximum absolute atomic E-state index is 5.18. The molecule has 121 heavy (non-hydrogen) atoms. The zero-order valence-electron chi connectivity index (χ0n) is 65.8. The first-order valence-electron chi connectivity index (χ1n) is 41.2. The first kappa shape index (κ1) is 70.6. The van der Waals surface area contributed by atoms with Crippen LogP contribution in [-0.2, 0) is 0 Å². The molecule has 7 heteroatoms. The smallest absolute Gasteiger partial charge is 0.129 e. The van der Waals surface area contributed by atoms with E-state index in [2.05, 4.69) is 468 Å². The summed E-state index contributed by atoms with van der Waals surface area (Å²) in [6.07, 6.45) is 0. The highest BCUT2D eigenvalue weighted by Gasteiger charge is 2.25. The van der Waals surface area contributed by atoms with Gasteiger partial charge in [0.1, 0.15) is 11.0 Å². The van der Waals surface area contributed by atoms with E-state index in [1.54, 1.807) is 0 Å². The van der Waals surface area contributed by atoms with Gasteiger partial charge in [-0.1, -0.05) is 328 Å². The molecule has 566 valence electrons. The maximum Gasteiger partial charge on any atom is 0.129 e. The summed E-state index contributed by atoms with van der Waals surface area (Å²) in [6, 6.07) is 164. The van der Waals surface area contributed by atoms with Gasteiger partial charge in [-0.2, -0.15) is 8.75 Å². The Bertz CT molecular complexity index is 7500. The van der Waals surface area contributed by atoms with Crippen molar-refractivity contribution in [1.82, 2.24) is 22.4 Å². The summed E-state index contributed by atoms with van der Waals surface area (Å²) in [5, 5.41) is 7.38. The minimum atomic E-state index is 0.826. The number of benzene rings is 19. The molecule has 23 aromatic rings. The lowest BCUT2D eigenvalue weighted by atomic mass is 9.85. The van der Waals surface area contributed by atoms with E-state index in [1.165, 1.54) is 116 Å². The largest absolute Gasteiger partial charge is 0.309 e. The quantitative estimate of drug-likeness (QED) is 0.0968. The van der Waals surface area contributed by atoms with E-state index in [0.717, 1.165) is 117 Å². The highest BCUT2D eigenvalue weighted by Crippen LogP contribution is 2.48. The number of anilines is 3. The Labute approximate surface area is 704 Å². The number of hydrogen-bond donors (Lipinski definition) is 0. The monoisotopic (exact) mass is 1560 g/mol. The molecule has 0 aliphatic rings. The summed E-state index contributed by atoms with van der Waals surface area (Å²) in [5.41, 5.74) is 38.0. The molecule has 4 aromatic heterocycles. The van der Waals surface area contributed by atoms with Gasteiger partial charge in [0.25, 0.3) is 0 Å². The normalized spacial score (nSPS) is 11.6. The SMILES string of the molecule is c1ccc(-c2ccc(N(c3ccc(-c4cccc(-c5ccccc5-c5ccccc5)c4-c4ccccc4)cc3)c3ccc(-c4ccc(-n5c6ccc(-c7ccc(-c8ccc(-n9c%10ccccc%10c%10ccccc%109)cc8)cc7)cc6c6cc(-c7ccc(-c8ccc(-n9c%10ccccc%10c%10ccccc%109)cc8)cc7)ccc65)cc4)c4nsnc34)cc2)cc1. The van der Waals surface area contributed by atoms with Crippen LogP contribution in [0.3, 0.4) is 0 Å². The molecule has 6 nitrogen and oxygen atoms in total. The molecular weight excluding hydrogens is 1490 g/mol.